The van der Waals surface area contributed by atoms with E-state index in [0.717, 1.165) is 29.4 Å². The van der Waals surface area contributed by atoms with Crippen molar-refractivity contribution >= 4 is 11.6 Å². The van der Waals surface area contributed by atoms with Crippen LogP contribution in [0.2, 0.25) is 0 Å². The Morgan fingerprint density at radius 3 is 2.50 bits per heavy atom. The van der Waals surface area contributed by atoms with Crippen molar-refractivity contribution in [1.82, 2.24) is 15.3 Å². The van der Waals surface area contributed by atoms with Gasteiger partial charge in [0.1, 0.15) is 0 Å². The zero-order valence-electron chi connectivity index (χ0n) is 12.6. The number of nitrogens with one attached hydrogen (secondary N) is 1. The van der Waals surface area contributed by atoms with Gasteiger partial charge in [-0.15, -0.1) is 0 Å². The second-order valence-corrected chi connectivity index (χ2v) is 5.21. The number of anilines is 2. The molecule has 0 fully saturated rings. The van der Waals surface area contributed by atoms with Crippen LogP contribution in [0.25, 0.3) is 0 Å². The van der Waals surface area contributed by atoms with Crippen LogP contribution in [0, 0.1) is 6.92 Å². The van der Waals surface area contributed by atoms with E-state index in [4.69, 9.17) is 0 Å². The van der Waals surface area contributed by atoms with Gasteiger partial charge in [0.2, 0.25) is 5.95 Å². The van der Waals surface area contributed by atoms with E-state index in [9.17, 15) is 0 Å². The van der Waals surface area contributed by atoms with Crippen LogP contribution in [0.1, 0.15) is 25.1 Å². The van der Waals surface area contributed by atoms with Crippen LogP contribution < -0.4 is 10.2 Å². The van der Waals surface area contributed by atoms with Gasteiger partial charge in [0.05, 0.1) is 0 Å². The lowest BCUT2D eigenvalue weighted by molar-refractivity contribution is 0.585. The fourth-order valence-electron chi connectivity index (χ4n) is 1.90. The SMILES string of the molecule is Cc1nc(N(C)c2ccccc2)ncc1CNC(C)C. The Hall–Kier alpha value is -1.94. The first-order chi connectivity index (χ1) is 9.58. The number of rotatable bonds is 5. The second-order valence-electron chi connectivity index (χ2n) is 5.21. The summed E-state index contributed by atoms with van der Waals surface area (Å²) >= 11 is 0. The molecule has 4 heteroatoms. The monoisotopic (exact) mass is 270 g/mol. The third-order valence-corrected chi connectivity index (χ3v) is 3.21. The molecule has 1 N–H and O–H groups in total. The van der Waals surface area contributed by atoms with Crippen LogP contribution in [-0.2, 0) is 6.54 Å². The highest BCUT2D eigenvalue weighted by Gasteiger charge is 2.09. The third kappa shape index (κ3) is 3.54. The van der Waals surface area contributed by atoms with Gasteiger partial charge >= 0.3 is 0 Å². The summed E-state index contributed by atoms with van der Waals surface area (Å²) in [4.78, 5) is 11.1. The molecule has 0 aliphatic heterocycles. The van der Waals surface area contributed by atoms with Crippen LogP contribution in [0.15, 0.2) is 36.5 Å². The van der Waals surface area contributed by atoms with Crippen molar-refractivity contribution in [2.75, 3.05) is 11.9 Å². The minimum Gasteiger partial charge on any atom is -0.314 e. The summed E-state index contributed by atoms with van der Waals surface area (Å²) in [5.41, 5.74) is 3.25. The van der Waals surface area contributed by atoms with Gasteiger partial charge in [0.15, 0.2) is 0 Å². The molecule has 0 saturated carbocycles. The quantitative estimate of drug-likeness (QED) is 0.906. The topological polar surface area (TPSA) is 41.1 Å². The standard InChI is InChI=1S/C16H22N4/c1-12(2)17-10-14-11-18-16(19-13(14)3)20(4)15-8-6-5-7-9-15/h5-9,11-12,17H,10H2,1-4H3. The molecule has 106 valence electrons. The highest BCUT2D eigenvalue weighted by Crippen LogP contribution is 2.20. The molecular weight excluding hydrogens is 248 g/mol. The maximum Gasteiger partial charge on any atom is 0.229 e. The summed E-state index contributed by atoms with van der Waals surface area (Å²) in [6, 6.07) is 10.6. The molecule has 2 aromatic rings. The van der Waals surface area contributed by atoms with Gasteiger partial charge < -0.3 is 10.2 Å². The van der Waals surface area contributed by atoms with Crippen LogP contribution >= 0.6 is 0 Å². The maximum atomic E-state index is 4.60. The molecule has 0 amide bonds. The molecule has 1 heterocycles. The smallest absolute Gasteiger partial charge is 0.229 e. The highest BCUT2D eigenvalue weighted by molar-refractivity contribution is 5.55. The van der Waals surface area contributed by atoms with E-state index < -0.39 is 0 Å². The van der Waals surface area contributed by atoms with E-state index in [1.807, 2.05) is 55.4 Å². The zero-order chi connectivity index (χ0) is 14.5. The first-order valence-corrected chi connectivity index (χ1v) is 6.92. The fourth-order valence-corrected chi connectivity index (χ4v) is 1.90. The summed E-state index contributed by atoms with van der Waals surface area (Å²) in [7, 11) is 1.98. The van der Waals surface area contributed by atoms with E-state index in [1.54, 1.807) is 0 Å². The van der Waals surface area contributed by atoms with E-state index in [1.165, 1.54) is 0 Å². The molecule has 2 rings (SSSR count). The van der Waals surface area contributed by atoms with Gasteiger partial charge in [-0.25, -0.2) is 9.97 Å². The number of hydrogen-bond acceptors (Lipinski definition) is 4. The van der Waals surface area contributed by atoms with Crippen molar-refractivity contribution in [3.05, 3.63) is 47.8 Å². The molecule has 0 radical (unpaired) electrons. The Kier molecular flexibility index (Phi) is 4.69. The maximum absolute atomic E-state index is 4.60. The normalized spacial score (nSPS) is 10.8. The van der Waals surface area contributed by atoms with Gasteiger partial charge in [0.25, 0.3) is 0 Å². The second kappa shape index (κ2) is 6.48. The van der Waals surface area contributed by atoms with Crippen molar-refractivity contribution in [2.24, 2.45) is 0 Å². The fraction of sp³-hybridized carbons (Fsp3) is 0.375. The molecule has 20 heavy (non-hydrogen) atoms. The molecule has 0 atom stereocenters. The van der Waals surface area contributed by atoms with Gasteiger partial charge in [-0.3, -0.25) is 0 Å². The zero-order valence-corrected chi connectivity index (χ0v) is 12.6. The number of para-hydroxylation sites is 1. The van der Waals surface area contributed by atoms with E-state index in [-0.39, 0.29) is 0 Å². The lowest BCUT2D eigenvalue weighted by Crippen LogP contribution is -2.23. The Balaban J connectivity index is 2.16. The summed E-state index contributed by atoms with van der Waals surface area (Å²) in [5.74, 6) is 0.724. The van der Waals surface area contributed by atoms with Crippen molar-refractivity contribution in [3.8, 4) is 0 Å². The van der Waals surface area contributed by atoms with Crippen molar-refractivity contribution in [3.63, 3.8) is 0 Å². The Labute approximate surface area is 120 Å². The summed E-state index contributed by atoms with van der Waals surface area (Å²) < 4.78 is 0. The third-order valence-electron chi connectivity index (χ3n) is 3.21. The first kappa shape index (κ1) is 14.5. The molecule has 0 aliphatic carbocycles. The minimum atomic E-state index is 0.459. The average molecular weight is 270 g/mol. The number of aryl methyl sites for hydroxylation is 1. The van der Waals surface area contributed by atoms with Gasteiger partial charge in [-0.2, -0.15) is 0 Å². The minimum absolute atomic E-state index is 0.459. The molecule has 0 saturated heterocycles. The molecule has 0 aliphatic rings. The van der Waals surface area contributed by atoms with Gasteiger partial charge in [0, 0.05) is 42.8 Å². The Bertz CT molecular complexity index is 552. The number of nitrogens with zero attached hydrogens (tertiary/aromatic N) is 3. The lowest BCUT2D eigenvalue weighted by Gasteiger charge is -2.18. The Morgan fingerprint density at radius 2 is 1.90 bits per heavy atom. The van der Waals surface area contributed by atoms with Crippen molar-refractivity contribution in [1.29, 1.82) is 0 Å². The number of benzene rings is 1. The predicted octanol–water partition coefficient (Wildman–Crippen LogP) is 3.05. The molecule has 0 spiro atoms. The van der Waals surface area contributed by atoms with Crippen LogP contribution in [-0.4, -0.2) is 23.1 Å². The summed E-state index contributed by atoms with van der Waals surface area (Å²) in [6.45, 7) is 7.10. The summed E-state index contributed by atoms with van der Waals surface area (Å²) in [6.07, 6.45) is 1.91. The largest absolute Gasteiger partial charge is 0.314 e. The highest BCUT2D eigenvalue weighted by atomic mass is 15.2. The van der Waals surface area contributed by atoms with Gasteiger partial charge in [-0.1, -0.05) is 32.0 Å². The van der Waals surface area contributed by atoms with Crippen LogP contribution in [0.5, 0.6) is 0 Å². The Morgan fingerprint density at radius 1 is 1.20 bits per heavy atom. The van der Waals surface area contributed by atoms with Crippen LogP contribution in [0.4, 0.5) is 11.6 Å². The van der Waals surface area contributed by atoms with E-state index >= 15 is 0 Å². The van der Waals surface area contributed by atoms with Crippen molar-refractivity contribution < 1.29 is 0 Å². The average Bonchev–Trinajstić information content (AvgIpc) is 2.46. The number of aromatic nitrogens is 2. The van der Waals surface area contributed by atoms with Crippen LogP contribution in [0.3, 0.4) is 0 Å². The summed E-state index contributed by atoms with van der Waals surface area (Å²) in [5, 5.41) is 3.39. The molecule has 1 aromatic heterocycles. The molecule has 0 bridgehead atoms. The molecular formula is C16H22N4. The predicted molar refractivity (Wildman–Crippen MR) is 83.2 cm³/mol. The molecule has 4 nitrogen and oxygen atoms in total. The molecule has 1 aromatic carbocycles. The van der Waals surface area contributed by atoms with E-state index in [0.29, 0.717) is 6.04 Å². The molecule has 0 unspecified atom stereocenters. The first-order valence-electron chi connectivity index (χ1n) is 6.92. The van der Waals surface area contributed by atoms with E-state index in [2.05, 4.69) is 29.1 Å². The lowest BCUT2D eigenvalue weighted by atomic mass is 10.2. The number of hydrogen-bond donors (Lipinski definition) is 1. The van der Waals surface area contributed by atoms with Gasteiger partial charge in [-0.05, 0) is 19.1 Å². The van der Waals surface area contributed by atoms with Crippen molar-refractivity contribution in [2.45, 2.75) is 33.4 Å².